The zero-order valence-electron chi connectivity index (χ0n) is 22.8. The molecule has 1 N–H and O–H groups in total. The number of hydrogen-bond acceptors (Lipinski definition) is 5. The average molecular weight is 550 g/mol. The minimum Gasteiger partial charge on any atom is -0.355 e. The van der Waals surface area contributed by atoms with Gasteiger partial charge in [0.15, 0.2) is 5.78 Å². The molecule has 0 aliphatic rings. The summed E-state index contributed by atoms with van der Waals surface area (Å²) in [6.45, 7) is 5.11. The van der Waals surface area contributed by atoms with Crippen LogP contribution in [0.4, 0.5) is 5.69 Å². The fourth-order valence-electron chi connectivity index (χ4n) is 4.23. The Hall–Kier alpha value is -3.98. The number of aryl methyl sites for hydroxylation is 1. The number of amides is 2. The molecule has 39 heavy (non-hydrogen) atoms. The molecule has 8 nitrogen and oxygen atoms in total. The summed E-state index contributed by atoms with van der Waals surface area (Å²) in [6, 6.07) is 22.3. The summed E-state index contributed by atoms with van der Waals surface area (Å²) in [6.07, 6.45) is 1.26. The van der Waals surface area contributed by atoms with E-state index in [1.807, 2.05) is 61.5 Å². The third-order valence-electron chi connectivity index (χ3n) is 6.32. The maximum Gasteiger partial charge on any atom is 0.244 e. The first kappa shape index (κ1) is 29.6. The third kappa shape index (κ3) is 8.25. The van der Waals surface area contributed by atoms with Crippen molar-refractivity contribution in [2.24, 2.45) is 0 Å². The van der Waals surface area contributed by atoms with Crippen molar-refractivity contribution < 1.29 is 22.8 Å². The number of rotatable bonds is 12. The van der Waals surface area contributed by atoms with Crippen LogP contribution in [0.25, 0.3) is 0 Å². The van der Waals surface area contributed by atoms with Crippen LogP contribution in [0.15, 0.2) is 78.9 Å². The van der Waals surface area contributed by atoms with E-state index >= 15 is 0 Å². The van der Waals surface area contributed by atoms with Crippen LogP contribution < -0.4 is 9.62 Å². The van der Waals surface area contributed by atoms with Gasteiger partial charge in [0.1, 0.15) is 12.6 Å². The highest BCUT2D eigenvalue weighted by Gasteiger charge is 2.33. The van der Waals surface area contributed by atoms with Crippen LogP contribution in [0.1, 0.15) is 40.9 Å². The summed E-state index contributed by atoms with van der Waals surface area (Å²) in [5.74, 6) is -1.09. The lowest BCUT2D eigenvalue weighted by atomic mass is 10.0. The van der Waals surface area contributed by atoms with Gasteiger partial charge in [0.05, 0.1) is 11.9 Å². The standard InChI is InChI=1S/C30H35N3O5S/c1-5-31-30(36)28(18-24-10-7-6-8-11-24)32(20-25-16-14-22(2)15-17-25)29(35)21-33(39(4,37)38)27-13-9-12-26(19-27)23(3)34/h6-17,19,28H,5,18,20-21H2,1-4H3,(H,31,36). The third-order valence-corrected chi connectivity index (χ3v) is 7.46. The van der Waals surface area contributed by atoms with Crippen molar-refractivity contribution in [3.63, 3.8) is 0 Å². The van der Waals surface area contributed by atoms with Gasteiger partial charge in [-0.3, -0.25) is 18.7 Å². The first-order valence-corrected chi connectivity index (χ1v) is 14.6. The maximum atomic E-state index is 14.0. The van der Waals surface area contributed by atoms with Crippen LogP contribution in [0, 0.1) is 6.92 Å². The Kier molecular flexibility index (Phi) is 10.0. The minimum atomic E-state index is -3.91. The van der Waals surface area contributed by atoms with Gasteiger partial charge in [-0.05, 0) is 44.0 Å². The number of hydrogen-bond donors (Lipinski definition) is 1. The van der Waals surface area contributed by atoms with E-state index in [9.17, 15) is 22.8 Å². The minimum absolute atomic E-state index is 0.110. The number of Topliss-reactive ketones (excluding diaryl/α,β-unsaturated/α-hetero) is 1. The molecule has 0 spiro atoms. The van der Waals surface area contributed by atoms with Gasteiger partial charge in [-0.15, -0.1) is 0 Å². The van der Waals surface area contributed by atoms with Gasteiger partial charge in [-0.25, -0.2) is 8.42 Å². The largest absolute Gasteiger partial charge is 0.355 e. The molecule has 0 aromatic heterocycles. The smallest absolute Gasteiger partial charge is 0.244 e. The Morgan fingerprint density at radius 1 is 0.897 bits per heavy atom. The summed E-state index contributed by atoms with van der Waals surface area (Å²) >= 11 is 0. The van der Waals surface area contributed by atoms with Gasteiger partial charge >= 0.3 is 0 Å². The van der Waals surface area contributed by atoms with Crippen LogP contribution in [-0.4, -0.2) is 56.3 Å². The summed E-state index contributed by atoms with van der Waals surface area (Å²) in [5, 5.41) is 2.83. The maximum absolute atomic E-state index is 14.0. The summed E-state index contributed by atoms with van der Waals surface area (Å²) in [7, 11) is -3.91. The van der Waals surface area contributed by atoms with Crippen molar-refractivity contribution in [2.45, 2.75) is 39.8 Å². The topological polar surface area (TPSA) is 104 Å². The summed E-state index contributed by atoms with van der Waals surface area (Å²) in [4.78, 5) is 40.7. The van der Waals surface area contributed by atoms with Crippen LogP contribution in [0.3, 0.4) is 0 Å². The molecule has 0 aliphatic heterocycles. The summed E-state index contributed by atoms with van der Waals surface area (Å²) in [5.41, 5.74) is 3.25. The van der Waals surface area contributed by atoms with E-state index in [2.05, 4.69) is 5.32 Å². The Morgan fingerprint density at radius 2 is 1.56 bits per heavy atom. The molecule has 3 aromatic carbocycles. The monoisotopic (exact) mass is 549 g/mol. The fraction of sp³-hybridized carbons (Fsp3) is 0.300. The molecule has 0 fully saturated rings. The van der Waals surface area contributed by atoms with Gasteiger partial charge in [-0.2, -0.15) is 0 Å². The quantitative estimate of drug-likeness (QED) is 0.347. The van der Waals surface area contributed by atoms with Crippen molar-refractivity contribution in [3.05, 3.63) is 101 Å². The predicted molar refractivity (Wildman–Crippen MR) is 153 cm³/mol. The Morgan fingerprint density at radius 3 is 2.15 bits per heavy atom. The van der Waals surface area contributed by atoms with Crippen molar-refractivity contribution in [1.82, 2.24) is 10.2 Å². The molecule has 0 bridgehead atoms. The number of nitrogens with one attached hydrogen (secondary N) is 1. The molecule has 0 saturated heterocycles. The Labute approximate surface area is 230 Å². The molecule has 1 atom stereocenters. The highest BCUT2D eigenvalue weighted by Crippen LogP contribution is 2.22. The van der Waals surface area contributed by atoms with Gasteiger partial charge in [0, 0.05) is 25.1 Å². The summed E-state index contributed by atoms with van der Waals surface area (Å²) < 4.78 is 26.7. The predicted octanol–water partition coefficient (Wildman–Crippen LogP) is 3.74. The van der Waals surface area contributed by atoms with Crippen LogP contribution in [0.2, 0.25) is 0 Å². The lowest BCUT2D eigenvalue weighted by molar-refractivity contribution is -0.140. The zero-order chi connectivity index (χ0) is 28.6. The second-order valence-electron chi connectivity index (χ2n) is 9.48. The number of ketones is 1. The van der Waals surface area contributed by atoms with Crippen molar-refractivity contribution in [2.75, 3.05) is 23.7 Å². The lowest BCUT2D eigenvalue weighted by Gasteiger charge is -2.33. The van der Waals surface area contributed by atoms with E-state index in [1.54, 1.807) is 19.1 Å². The van der Waals surface area contributed by atoms with Gasteiger partial charge in [0.25, 0.3) is 0 Å². The van der Waals surface area contributed by atoms with Gasteiger partial charge in [-0.1, -0.05) is 72.3 Å². The van der Waals surface area contributed by atoms with E-state index in [1.165, 1.54) is 24.0 Å². The molecule has 206 valence electrons. The number of nitrogens with zero attached hydrogens (tertiary/aromatic N) is 2. The lowest BCUT2D eigenvalue weighted by Crippen LogP contribution is -2.53. The number of sulfonamides is 1. The number of carbonyl (C=O) groups excluding carboxylic acids is 3. The molecule has 0 radical (unpaired) electrons. The van der Waals surface area contributed by atoms with E-state index in [4.69, 9.17) is 0 Å². The normalized spacial score (nSPS) is 11.9. The molecular weight excluding hydrogens is 514 g/mol. The zero-order valence-corrected chi connectivity index (χ0v) is 23.6. The Balaban J connectivity index is 2.05. The highest BCUT2D eigenvalue weighted by atomic mass is 32.2. The van der Waals surface area contributed by atoms with E-state index in [0.717, 1.165) is 27.3 Å². The van der Waals surface area contributed by atoms with Crippen LogP contribution >= 0.6 is 0 Å². The first-order valence-electron chi connectivity index (χ1n) is 12.7. The van der Waals surface area contributed by atoms with E-state index in [0.29, 0.717) is 12.1 Å². The number of anilines is 1. The van der Waals surface area contributed by atoms with Crippen molar-refractivity contribution >= 4 is 33.3 Å². The Bertz CT molecular complexity index is 1410. The number of carbonyl (C=O) groups is 3. The second-order valence-corrected chi connectivity index (χ2v) is 11.4. The molecule has 3 rings (SSSR count). The SMILES string of the molecule is CCNC(=O)C(Cc1ccccc1)N(Cc1ccc(C)cc1)C(=O)CN(c1cccc(C(C)=O)c1)S(C)(=O)=O. The molecule has 0 aliphatic carbocycles. The molecular formula is C30H35N3O5S. The van der Waals surface area contributed by atoms with E-state index < -0.39 is 28.5 Å². The molecule has 2 amide bonds. The second kappa shape index (κ2) is 13.2. The van der Waals surface area contributed by atoms with Crippen molar-refractivity contribution in [3.8, 4) is 0 Å². The number of likely N-dealkylation sites (N-methyl/N-ethyl adjacent to an activating group) is 1. The molecule has 3 aromatic rings. The first-order chi connectivity index (χ1) is 18.5. The highest BCUT2D eigenvalue weighted by molar-refractivity contribution is 7.92. The van der Waals surface area contributed by atoms with E-state index in [-0.39, 0.29) is 30.3 Å². The van der Waals surface area contributed by atoms with Crippen LogP contribution in [0.5, 0.6) is 0 Å². The molecule has 0 heterocycles. The van der Waals surface area contributed by atoms with Gasteiger partial charge in [0.2, 0.25) is 21.8 Å². The molecule has 9 heteroatoms. The van der Waals surface area contributed by atoms with Gasteiger partial charge < -0.3 is 10.2 Å². The van der Waals surface area contributed by atoms with Crippen molar-refractivity contribution in [1.29, 1.82) is 0 Å². The fourth-order valence-corrected chi connectivity index (χ4v) is 5.07. The average Bonchev–Trinajstić information content (AvgIpc) is 2.90. The van der Waals surface area contributed by atoms with Crippen LogP contribution in [-0.2, 0) is 32.6 Å². The molecule has 1 unspecified atom stereocenters. The number of benzene rings is 3. The molecule has 0 saturated carbocycles.